The first-order valence-electron chi connectivity index (χ1n) is 6.51. The van der Waals surface area contributed by atoms with Crippen LogP contribution in [0.2, 0.25) is 5.02 Å². The predicted molar refractivity (Wildman–Crippen MR) is 81.9 cm³/mol. The molecule has 0 aliphatic heterocycles. The van der Waals surface area contributed by atoms with Gasteiger partial charge >= 0.3 is 6.18 Å². The van der Waals surface area contributed by atoms with Gasteiger partial charge in [-0.05, 0) is 37.7 Å². The monoisotopic (exact) mass is 333 g/mol. The molecular formula is C15H15ClF3NS. The number of nitrogens with one attached hydrogen (secondary N) is 1. The third-order valence-corrected chi connectivity index (χ3v) is 4.75. The van der Waals surface area contributed by atoms with Crippen LogP contribution in [0.5, 0.6) is 0 Å². The van der Waals surface area contributed by atoms with Gasteiger partial charge in [0.1, 0.15) is 0 Å². The maximum absolute atomic E-state index is 13.1. The van der Waals surface area contributed by atoms with Crippen LogP contribution in [0.4, 0.5) is 13.2 Å². The first-order chi connectivity index (χ1) is 9.86. The van der Waals surface area contributed by atoms with E-state index in [1.807, 2.05) is 20.0 Å². The van der Waals surface area contributed by atoms with Gasteiger partial charge < -0.3 is 5.32 Å². The first-order valence-corrected chi connectivity index (χ1v) is 7.70. The van der Waals surface area contributed by atoms with Crippen LogP contribution < -0.4 is 5.32 Å². The van der Waals surface area contributed by atoms with Crippen molar-refractivity contribution in [1.29, 1.82) is 0 Å². The van der Waals surface area contributed by atoms with E-state index in [1.54, 1.807) is 6.07 Å². The van der Waals surface area contributed by atoms with Gasteiger partial charge in [-0.15, -0.1) is 11.3 Å². The van der Waals surface area contributed by atoms with E-state index in [-0.39, 0.29) is 16.6 Å². The molecule has 0 saturated carbocycles. The van der Waals surface area contributed by atoms with Gasteiger partial charge in [0.05, 0.1) is 5.56 Å². The maximum Gasteiger partial charge on any atom is 0.417 e. The van der Waals surface area contributed by atoms with Crippen molar-refractivity contribution in [2.75, 3.05) is 7.05 Å². The molecule has 1 heterocycles. The molecule has 21 heavy (non-hydrogen) atoms. The maximum atomic E-state index is 13.1. The highest BCUT2D eigenvalue weighted by atomic mass is 35.5. The smallest absolute Gasteiger partial charge is 0.312 e. The van der Waals surface area contributed by atoms with E-state index in [4.69, 9.17) is 11.6 Å². The topological polar surface area (TPSA) is 12.0 Å². The zero-order valence-electron chi connectivity index (χ0n) is 11.6. The Morgan fingerprint density at radius 1 is 1.24 bits per heavy atom. The molecule has 1 unspecified atom stereocenters. The van der Waals surface area contributed by atoms with E-state index < -0.39 is 11.7 Å². The minimum absolute atomic E-state index is 0.0875. The SMILES string of the molecule is CCC(NC)c1ccc(-c2ccc(Cl)cc2C(F)(F)F)s1. The number of thiophene rings is 1. The lowest BCUT2D eigenvalue weighted by Crippen LogP contribution is -2.13. The lowest BCUT2D eigenvalue weighted by molar-refractivity contribution is -0.137. The van der Waals surface area contributed by atoms with E-state index in [9.17, 15) is 13.2 Å². The fourth-order valence-electron chi connectivity index (χ4n) is 2.20. The minimum Gasteiger partial charge on any atom is -0.312 e. The molecule has 1 nitrogen and oxygen atoms in total. The summed E-state index contributed by atoms with van der Waals surface area (Å²) in [5, 5.41) is 3.24. The van der Waals surface area contributed by atoms with E-state index in [1.165, 1.54) is 23.5 Å². The molecule has 0 fully saturated rings. The molecule has 0 radical (unpaired) electrons. The molecule has 0 amide bonds. The molecule has 2 aromatic rings. The number of benzene rings is 1. The molecule has 1 N–H and O–H groups in total. The highest BCUT2D eigenvalue weighted by Gasteiger charge is 2.34. The summed E-state index contributed by atoms with van der Waals surface area (Å²) in [6.45, 7) is 2.03. The highest BCUT2D eigenvalue weighted by molar-refractivity contribution is 7.15. The minimum atomic E-state index is -4.42. The van der Waals surface area contributed by atoms with E-state index in [0.717, 1.165) is 17.4 Å². The fourth-order valence-corrected chi connectivity index (χ4v) is 3.61. The lowest BCUT2D eigenvalue weighted by Gasteiger charge is -2.13. The molecule has 2 rings (SSSR count). The van der Waals surface area contributed by atoms with Crippen molar-refractivity contribution in [3.05, 3.63) is 45.8 Å². The Balaban J connectivity index is 2.48. The van der Waals surface area contributed by atoms with Crippen molar-refractivity contribution < 1.29 is 13.2 Å². The molecule has 0 saturated heterocycles. The van der Waals surface area contributed by atoms with E-state index >= 15 is 0 Å². The Bertz CT molecular complexity index is 618. The third kappa shape index (κ3) is 3.59. The molecule has 114 valence electrons. The van der Waals surface area contributed by atoms with Crippen LogP contribution in [0.15, 0.2) is 30.3 Å². The molecule has 1 aromatic heterocycles. The van der Waals surface area contributed by atoms with Gasteiger partial charge in [-0.3, -0.25) is 0 Å². The summed E-state index contributed by atoms with van der Waals surface area (Å²) in [4.78, 5) is 1.63. The second-order valence-corrected chi connectivity index (χ2v) is 6.19. The van der Waals surface area contributed by atoms with E-state index in [2.05, 4.69) is 5.32 Å². The molecular weight excluding hydrogens is 319 g/mol. The largest absolute Gasteiger partial charge is 0.417 e. The van der Waals surface area contributed by atoms with Gasteiger partial charge in [0.2, 0.25) is 0 Å². The molecule has 0 aliphatic carbocycles. The Morgan fingerprint density at radius 3 is 2.52 bits per heavy atom. The fraction of sp³-hybridized carbons (Fsp3) is 0.333. The van der Waals surface area contributed by atoms with Crippen LogP contribution in [0.1, 0.15) is 29.8 Å². The second-order valence-electron chi connectivity index (χ2n) is 4.64. The number of alkyl halides is 3. The van der Waals surface area contributed by atoms with Gasteiger partial charge in [0, 0.05) is 26.4 Å². The number of hydrogen-bond donors (Lipinski definition) is 1. The van der Waals surface area contributed by atoms with Crippen LogP contribution in [-0.2, 0) is 6.18 Å². The summed E-state index contributed by atoms with van der Waals surface area (Å²) < 4.78 is 39.4. The zero-order valence-corrected chi connectivity index (χ0v) is 13.2. The first kappa shape index (κ1) is 16.3. The van der Waals surface area contributed by atoms with Crippen LogP contribution in [0.25, 0.3) is 10.4 Å². The summed E-state index contributed by atoms with van der Waals surface area (Å²) in [5.41, 5.74) is -0.519. The highest BCUT2D eigenvalue weighted by Crippen LogP contribution is 2.41. The average molecular weight is 334 g/mol. The van der Waals surface area contributed by atoms with E-state index in [0.29, 0.717) is 4.88 Å². The molecule has 6 heteroatoms. The number of hydrogen-bond acceptors (Lipinski definition) is 2. The van der Waals surface area contributed by atoms with Crippen molar-refractivity contribution in [3.63, 3.8) is 0 Å². The average Bonchev–Trinajstić information content (AvgIpc) is 2.88. The molecule has 0 aliphatic rings. The summed E-state index contributed by atoms with van der Waals surface area (Å²) in [7, 11) is 1.84. The lowest BCUT2D eigenvalue weighted by atomic mass is 10.1. The Morgan fingerprint density at radius 2 is 1.95 bits per heavy atom. The Labute approximate surface area is 130 Å². The third-order valence-electron chi connectivity index (χ3n) is 3.28. The van der Waals surface area contributed by atoms with Crippen molar-refractivity contribution in [3.8, 4) is 10.4 Å². The normalized spacial score (nSPS) is 13.4. The van der Waals surface area contributed by atoms with Crippen LogP contribution in [0, 0.1) is 0 Å². The Hall–Kier alpha value is -1.04. The van der Waals surface area contributed by atoms with Crippen LogP contribution in [-0.4, -0.2) is 7.05 Å². The van der Waals surface area contributed by atoms with Gasteiger partial charge in [0.25, 0.3) is 0 Å². The van der Waals surface area contributed by atoms with Gasteiger partial charge in [-0.2, -0.15) is 13.2 Å². The van der Waals surface area contributed by atoms with Gasteiger partial charge in [-0.25, -0.2) is 0 Å². The van der Waals surface area contributed by atoms with Crippen molar-refractivity contribution in [2.24, 2.45) is 0 Å². The Kier molecular flexibility index (Phi) is 4.96. The van der Waals surface area contributed by atoms with Crippen LogP contribution in [0.3, 0.4) is 0 Å². The van der Waals surface area contributed by atoms with Gasteiger partial charge in [-0.1, -0.05) is 24.6 Å². The second kappa shape index (κ2) is 6.38. The summed E-state index contributed by atoms with van der Waals surface area (Å²) in [6.07, 6.45) is -3.54. The predicted octanol–water partition coefficient (Wildman–Crippen LogP) is 5.76. The molecule has 1 atom stereocenters. The summed E-state index contributed by atoms with van der Waals surface area (Å²) >= 11 is 7.08. The number of rotatable bonds is 4. The van der Waals surface area contributed by atoms with Crippen LogP contribution >= 0.6 is 22.9 Å². The summed E-state index contributed by atoms with van der Waals surface area (Å²) in [5.74, 6) is 0. The van der Waals surface area contributed by atoms with Gasteiger partial charge in [0.15, 0.2) is 0 Å². The molecule has 1 aromatic carbocycles. The van der Waals surface area contributed by atoms with Crippen molar-refractivity contribution in [2.45, 2.75) is 25.6 Å². The standard InChI is InChI=1S/C15H15ClF3NS/c1-3-12(20-2)14-7-6-13(21-14)10-5-4-9(16)8-11(10)15(17,18)19/h4-8,12,20H,3H2,1-2H3. The molecule has 0 bridgehead atoms. The summed E-state index contributed by atoms with van der Waals surface area (Å²) in [6, 6.07) is 7.66. The quantitative estimate of drug-likeness (QED) is 0.750. The number of halogens is 4. The molecule has 0 spiro atoms. The van der Waals surface area contributed by atoms with Crippen molar-refractivity contribution in [1.82, 2.24) is 5.32 Å². The zero-order chi connectivity index (χ0) is 15.6. The van der Waals surface area contributed by atoms with Crippen molar-refractivity contribution >= 4 is 22.9 Å².